The Morgan fingerprint density at radius 1 is 1.10 bits per heavy atom. The Bertz CT molecular complexity index is 1150. The molecule has 0 radical (unpaired) electrons. The molecule has 0 atom stereocenters. The Labute approximate surface area is 179 Å². The van der Waals surface area contributed by atoms with Crippen LogP contribution in [0.15, 0.2) is 41.2 Å². The monoisotopic (exact) mass is 423 g/mol. The van der Waals surface area contributed by atoms with Crippen LogP contribution in [-0.2, 0) is 13.2 Å². The lowest BCUT2D eigenvalue weighted by molar-refractivity contribution is 0.0942. The zero-order chi connectivity index (χ0) is 22.5. The standard InChI is InChI=1S/C23H25N3O5/c1-13-8-9-15(10-14(13)2)11-24-23(29)20-16(12-27)22(28)26-21(25-20)19-17(30-3)6-5-7-18(19)31-4/h5-10,27H,11-12H2,1-4H3,(H,24,29)(H,25,26,28). The maximum absolute atomic E-state index is 12.9. The number of amides is 1. The van der Waals surface area contributed by atoms with Gasteiger partial charge in [0, 0.05) is 6.54 Å². The Morgan fingerprint density at radius 2 is 1.77 bits per heavy atom. The molecule has 2 aromatic carbocycles. The van der Waals surface area contributed by atoms with Crippen LogP contribution in [-0.4, -0.2) is 35.2 Å². The summed E-state index contributed by atoms with van der Waals surface area (Å²) >= 11 is 0. The lowest BCUT2D eigenvalue weighted by Gasteiger charge is -2.14. The van der Waals surface area contributed by atoms with Gasteiger partial charge in [-0.25, -0.2) is 4.98 Å². The second kappa shape index (κ2) is 9.44. The number of rotatable bonds is 7. The summed E-state index contributed by atoms with van der Waals surface area (Å²) < 4.78 is 10.7. The van der Waals surface area contributed by atoms with E-state index >= 15 is 0 Å². The molecule has 0 aliphatic heterocycles. The topological polar surface area (TPSA) is 114 Å². The van der Waals surface area contributed by atoms with Gasteiger partial charge >= 0.3 is 0 Å². The number of methoxy groups -OCH3 is 2. The van der Waals surface area contributed by atoms with Gasteiger partial charge in [-0.3, -0.25) is 9.59 Å². The van der Waals surface area contributed by atoms with Gasteiger partial charge in [0.15, 0.2) is 0 Å². The highest BCUT2D eigenvalue weighted by Gasteiger charge is 2.22. The summed E-state index contributed by atoms with van der Waals surface area (Å²) in [7, 11) is 2.96. The number of hydrogen-bond acceptors (Lipinski definition) is 6. The van der Waals surface area contributed by atoms with E-state index < -0.39 is 18.1 Å². The summed E-state index contributed by atoms with van der Waals surface area (Å²) in [4.78, 5) is 32.5. The Balaban J connectivity index is 2.01. The van der Waals surface area contributed by atoms with E-state index in [0.717, 1.165) is 16.7 Å². The molecule has 0 fully saturated rings. The molecule has 1 heterocycles. The second-order valence-electron chi connectivity index (χ2n) is 7.04. The predicted octanol–water partition coefficient (Wildman–Crippen LogP) is 2.49. The number of aromatic nitrogens is 2. The molecular weight excluding hydrogens is 398 g/mol. The molecule has 1 amide bonds. The zero-order valence-corrected chi connectivity index (χ0v) is 17.9. The van der Waals surface area contributed by atoms with Crippen LogP contribution < -0.4 is 20.3 Å². The van der Waals surface area contributed by atoms with Gasteiger partial charge in [-0.15, -0.1) is 0 Å². The van der Waals surface area contributed by atoms with Crippen LogP contribution in [0.5, 0.6) is 11.5 Å². The first-order valence-corrected chi connectivity index (χ1v) is 9.69. The number of benzene rings is 2. The first kappa shape index (κ1) is 22.0. The highest BCUT2D eigenvalue weighted by Crippen LogP contribution is 2.36. The molecule has 8 heteroatoms. The van der Waals surface area contributed by atoms with Gasteiger partial charge in [0.1, 0.15) is 28.6 Å². The largest absolute Gasteiger partial charge is 0.496 e. The molecule has 0 saturated heterocycles. The second-order valence-corrected chi connectivity index (χ2v) is 7.04. The quantitative estimate of drug-likeness (QED) is 0.538. The number of H-pyrrole nitrogens is 1. The molecule has 162 valence electrons. The summed E-state index contributed by atoms with van der Waals surface area (Å²) in [6.07, 6.45) is 0. The third kappa shape index (κ3) is 4.59. The maximum Gasteiger partial charge on any atom is 0.270 e. The fraction of sp³-hybridized carbons (Fsp3) is 0.261. The number of aryl methyl sites for hydroxylation is 2. The number of aliphatic hydroxyl groups is 1. The highest BCUT2D eigenvalue weighted by molar-refractivity contribution is 5.94. The van der Waals surface area contributed by atoms with Gasteiger partial charge in [-0.2, -0.15) is 0 Å². The first-order chi connectivity index (χ1) is 14.9. The van der Waals surface area contributed by atoms with Gasteiger partial charge in [0.2, 0.25) is 0 Å². The molecule has 3 N–H and O–H groups in total. The van der Waals surface area contributed by atoms with Gasteiger partial charge in [0.25, 0.3) is 11.5 Å². The van der Waals surface area contributed by atoms with Crippen molar-refractivity contribution in [2.75, 3.05) is 14.2 Å². The highest BCUT2D eigenvalue weighted by atomic mass is 16.5. The fourth-order valence-corrected chi connectivity index (χ4v) is 3.21. The lowest BCUT2D eigenvalue weighted by Crippen LogP contribution is -2.29. The van der Waals surface area contributed by atoms with Crippen molar-refractivity contribution in [1.29, 1.82) is 0 Å². The molecular formula is C23H25N3O5. The van der Waals surface area contributed by atoms with Crippen LogP contribution in [0.25, 0.3) is 11.4 Å². The number of nitrogens with one attached hydrogen (secondary N) is 2. The minimum absolute atomic E-state index is 0.104. The molecule has 0 spiro atoms. The van der Waals surface area contributed by atoms with Crippen molar-refractivity contribution >= 4 is 5.91 Å². The molecule has 0 aliphatic rings. The minimum atomic E-state index is -0.627. The van der Waals surface area contributed by atoms with Crippen molar-refractivity contribution in [2.45, 2.75) is 27.0 Å². The molecule has 8 nitrogen and oxygen atoms in total. The number of nitrogens with zero attached hydrogens (tertiary/aromatic N) is 1. The van der Waals surface area contributed by atoms with E-state index in [1.165, 1.54) is 14.2 Å². The summed E-state index contributed by atoms with van der Waals surface area (Å²) in [6, 6.07) is 11.0. The Kier molecular flexibility index (Phi) is 6.71. The molecule has 3 rings (SSSR count). The predicted molar refractivity (Wildman–Crippen MR) is 116 cm³/mol. The molecule has 3 aromatic rings. The van der Waals surface area contributed by atoms with Crippen molar-refractivity contribution < 1.29 is 19.4 Å². The van der Waals surface area contributed by atoms with Crippen molar-refractivity contribution in [3.05, 3.63) is 74.7 Å². The average molecular weight is 423 g/mol. The fourth-order valence-electron chi connectivity index (χ4n) is 3.21. The third-order valence-corrected chi connectivity index (χ3v) is 5.08. The molecule has 0 saturated carbocycles. The summed E-state index contributed by atoms with van der Waals surface area (Å²) in [5, 5.41) is 12.4. The van der Waals surface area contributed by atoms with Crippen molar-refractivity contribution in [3.8, 4) is 22.9 Å². The summed E-state index contributed by atoms with van der Waals surface area (Å²) in [6.45, 7) is 3.64. The number of carbonyl (C=O) groups excluding carboxylic acids is 1. The van der Waals surface area contributed by atoms with Crippen LogP contribution in [0, 0.1) is 13.8 Å². The number of carbonyl (C=O) groups is 1. The van der Waals surface area contributed by atoms with E-state index in [0.29, 0.717) is 17.1 Å². The van der Waals surface area contributed by atoms with Gasteiger partial charge in [-0.1, -0.05) is 24.3 Å². The van der Waals surface area contributed by atoms with Gasteiger partial charge in [0.05, 0.1) is 26.4 Å². The maximum atomic E-state index is 12.9. The van der Waals surface area contributed by atoms with Crippen molar-refractivity contribution in [3.63, 3.8) is 0 Å². The molecule has 0 unspecified atom stereocenters. The van der Waals surface area contributed by atoms with Crippen LogP contribution in [0.3, 0.4) is 0 Å². The van der Waals surface area contributed by atoms with Crippen molar-refractivity contribution in [2.24, 2.45) is 0 Å². The van der Waals surface area contributed by atoms with Crippen LogP contribution in [0.4, 0.5) is 0 Å². The lowest BCUT2D eigenvalue weighted by atomic mass is 10.1. The average Bonchev–Trinajstić information content (AvgIpc) is 2.78. The number of hydrogen-bond donors (Lipinski definition) is 3. The van der Waals surface area contributed by atoms with Crippen LogP contribution in [0.2, 0.25) is 0 Å². The van der Waals surface area contributed by atoms with E-state index in [1.54, 1.807) is 18.2 Å². The molecule has 0 bridgehead atoms. The SMILES string of the molecule is COc1cccc(OC)c1-c1nc(C(=O)NCc2ccc(C)c(C)c2)c(CO)c(=O)[nH]1. The third-order valence-electron chi connectivity index (χ3n) is 5.08. The minimum Gasteiger partial charge on any atom is -0.496 e. The van der Waals surface area contributed by atoms with Crippen LogP contribution in [0.1, 0.15) is 32.7 Å². The van der Waals surface area contributed by atoms with E-state index in [-0.39, 0.29) is 23.6 Å². The van der Waals surface area contributed by atoms with E-state index in [4.69, 9.17) is 9.47 Å². The molecule has 1 aromatic heterocycles. The van der Waals surface area contributed by atoms with E-state index in [1.807, 2.05) is 32.0 Å². The molecule has 31 heavy (non-hydrogen) atoms. The number of aliphatic hydroxyl groups excluding tert-OH is 1. The number of ether oxygens (including phenoxy) is 2. The summed E-state index contributed by atoms with van der Waals surface area (Å²) in [5.41, 5.74) is 2.70. The van der Waals surface area contributed by atoms with Gasteiger partial charge < -0.3 is 24.9 Å². The van der Waals surface area contributed by atoms with E-state index in [2.05, 4.69) is 15.3 Å². The van der Waals surface area contributed by atoms with Crippen molar-refractivity contribution in [1.82, 2.24) is 15.3 Å². The Hall–Kier alpha value is -3.65. The summed E-state index contributed by atoms with van der Waals surface area (Å²) in [5.74, 6) is 0.373. The normalized spacial score (nSPS) is 10.6. The van der Waals surface area contributed by atoms with Crippen LogP contribution >= 0.6 is 0 Å². The first-order valence-electron chi connectivity index (χ1n) is 9.69. The smallest absolute Gasteiger partial charge is 0.270 e. The zero-order valence-electron chi connectivity index (χ0n) is 17.9. The Morgan fingerprint density at radius 3 is 2.35 bits per heavy atom. The molecule has 0 aliphatic carbocycles. The van der Waals surface area contributed by atoms with E-state index in [9.17, 15) is 14.7 Å². The van der Waals surface area contributed by atoms with Gasteiger partial charge in [-0.05, 0) is 42.7 Å². The number of aromatic amines is 1.